The molecule has 3 aromatic rings. The zero-order valence-corrected chi connectivity index (χ0v) is 13.7. The highest BCUT2D eigenvalue weighted by Gasteiger charge is 2.31. The molecule has 1 aromatic heterocycles. The summed E-state index contributed by atoms with van der Waals surface area (Å²) in [6.07, 6.45) is -1.96. The molecule has 1 heterocycles. The third-order valence-corrected chi connectivity index (χ3v) is 3.70. The van der Waals surface area contributed by atoms with Crippen molar-refractivity contribution in [1.29, 1.82) is 0 Å². The number of rotatable bonds is 5. The Bertz CT molecular complexity index is 995. The molecular weight excluding hydrogens is 371 g/mol. The van der Waals surface area contributed by atoms with Crippen molar-refractivity contribution in [2.24, 2.45) is 0 Å². The molecule has 0 bridgehead atoms. The van der Waals surface area contributed by atoms with Crippen LogP contribution in [-0.4, -0.2) is 27.9 Å². The number of benzene rings is 2. The molecule has 0 aliphatic heterocycles. The number of aromatic nitrogens is 2. The third kappa shape index (κ3) is 4.43. The Morgan fingerprint density at radius 3 is 2.56 bits per heavy atom. The molecule has 0 aliphatic carbocycles. The van der Waals surface area contributed by atoms with Crippen LogP contribution in [0.1, 0.15) is 11.3 Å². The van der Waals surface area contributed by atoms with Gasteiger partial charge in [0.1, 0.15) is 17.4 Å². The summed E-state index contributed by atoms with van der Waals surface area (Å²) < 4.78 is 69.7. The van der Waals surface area contributed by atoms with Gasteiger partial charge < -0.3 is 9.84 Å². The predicted molar refractivity (Wildman–Crippen MR) is 88.0 cm³/mol. The van der Waals surface area contributed by atoms with Gasteiger partial charge in [0.05, 0.1) is 24.4 Å². The second-order valence-corrected chi connectivity index (χ2v) is 5.59. The van der Waals surface area contributed by atoms with Gasteiger partial charge in [0.25, 0.3) is 0 Å². The van der Waals surface area contributed by atoms with Crippen molar-refractivity contribution in [2.45, 2.75) is 12.9 Å². The van der Waals surface area contributed by atoms with Crippen molar-refractivity contribution in [3.8, 4) is 5.75 Å². The van der Waals surface area contributed by atoms with Crippen LogP contribution in [0.25, 0.3) is 17.0 Å². The van der Waals surface area contributed by atoms with E-state index in [0.29, 0.717) is 17.1 Å². The molecule has 2 aromatic carbocycles. The number of halogens is 5. The molecule has 0 saturated carbocycles. The molecule has 142 valence electrons. The summed E-state index contributed by atoms with van der Waals surface area (Å²) in [5.41, 5.74) is 0.749. The zero-order chi connectivity index (χ0) is 19.6. The number of nitrogens with zero attached hydrogens (tertiary/aromatic N) is 2. The molecule has 0 fully saturated rings. The molecule has 0 radical (unpaired) electrons. The first kappa shape index (κ1) is 18.8. The fraction of sp³-hybridized carbons (Fsp3) is 0.167. The number of aliphatic hydroxyl groups is 1. The molecule has 0 aliphatic rings. The van der Waals surface area contributed by atoms with Crippen LogP contribution in [0.2, 0.25) is 0 Å². The minimum absolute atomic E-state index is 0.112. The summed E-state index contributed by atoms with van der Waals surface area (Å²) >= 11 is 0. The van der Waals surface area contributed by atoms with Crippen LogP contribution in [0.5, 0.6) is 5.75 Å². The van der Waals surface area contributed by atoms with E-state index in [0.717, 1.165) is 18.2 Å². The third-order valence-electron chi connectivity index (χ3n) is 3.70. The Balaban J connectivity index is 2.08. The standard InChI is InChI=1S/C18H13F5N2O2/c19-12-4-3-11(15(20)8-12)10-25-17-9-13(27-18(21,22)23)5-6-14(17)16(24-25)2-1-7-26/h1-6,8-9,26H,7,10H2. The van der Waals surface area contributed by atoms with E-state index in [4.69, 9.17) is 5.11 Å². The van der Waals surface area contributed by atoms with E-state index < -0.39 is 23.7 Å². The lowest BCUT2D eigenvalue weighted by Crippen LogP contribution is -2.17. The lowest BCUT2D eigenvalue weighted by molar-refractivity contribution is -0.274. The summed E-state index contributed by atoms with van der Waals surface area (Å²) in [5.74, 6) is -1.99. The van der Waals surface area contributed by atoms with Crippen LogP contribution in [-0.2, 0) is 6.54 Å². The van der Waals surface area contributed by atoms with E-state index in [9.17, 15) is 22.0 Å². The molecule has 0 unspecified atom stereocenters. The first-order valence-corrected chi connectivity index (χ1v) is 7.74. The largest absolute Gasteiger partial charge is 0.573 e. The van der Waals surface area contributed by atoms with Crippen molar-refractivity contribution in [2.75, 3.05) is 6.61 Å². The van der Waals surface area contributed by atoms with Crippen LogP contribution < -0.4 is 4.74 Å². The minimum atomic E-state index is -4.86. The molecule has 4 nitrogen and oxygen atoms in total. The lowest BCUT2D eigenvalue weighted by atomic mass is 10.1. The van der Waals surface area contributed by atoms with Crippen molar-refractivity contribution < 1.29 is 31.8 Å². The number of alkyl halides is 3. The van der Waals surface area contributed by atoms with Crippen LogP contribution >= 0.6 is 0 Å². The maximum Gasteiger partial charge on any atom is 0.573 e. The molecule has 1 N–H and O–H groups in total. The Morgan fingerprint density at radius 2 is 1.89 bits per heavy atom. The average molecular weight is 384 g/mol. The number of hydrogen-bond acceptors (Lipinski definition) is 3. The average Bonchev–Trinajstić information content (AvgIpc) is 2.91. The van der Waals surface area contributed by atoms with Crippen molar-refractivity contribution in [1.82, 2.24) is 9.78 Å². The quantitative estimate of drug-likeness (QED) is 0.669. The van der Waals surface area contributed by atoms with Gasteiger partial charge in [0.2, 0.25) is 0 Å². The van der Waals surface area contributed by atoms with Gasteiger partial charge in [-0.25, -0.2) is 8.78 Å². The maximum absolute atomic E-state index is 13.9. The first-order valence-electron chi connectivity index (χ1n) is 7.74. The highest BCUT2D eigenvalue weighted by Crippen LogP contribution is 2.29. The number of ether oxygens (including phenoxy) is 1. The minimum Gasteiger partial charge on any atom is -0.406 e. The molecule has 0 amide bonds. The SMILES string of the molecule is OCC=Cc1nn(Cc2ccc(F)cc2F)c2cc(OC(F)(F)F)ccc12. The van der Waals surface area contributed by atoms with Crippen molar-refractivity contribution in [3.05, 3.63) is 65.4 Å². The van der Waals surface area contributed by atoms with E-state index in [1.165, 1.54) is 29.0 Å². The molecule has 27 heavy (non-hydrogen) atoms. The first-order chi connectivity index (χ1) is 12.8. The smallest absolute Gasteiger partial charge is 0.406 e. The summed E-state index contributed by atoms with van der Waals surface area (Å²) in [7, 11) is 0. The van der Waals surface area contributed by atoms with Crippen LogP contribution in [0.4, 0.5) is 22.0 Å². The molecule has 0 saturated heterocycles. The summed E-state index contributed by atoms with van der Waals surface area (Å²) in [6, 6.07) is 6.68. The maximum atomic E-state index is 13.9. The predicted octanol–water partition coefficient (Wildman–Crippen LogP) is 4.27. The number of fused-ring (bicyclic) bond motifs is 1. The van der Waals surface area contributed by atoms with Gasteiger partial charge in [-0.05, 0) is 24.3 Å². The molecular formula is C18H13F5N2O2. The van der Waals surface area contributed by atoms with E-state index >= 15 is 0 Å². The molecule has 0 spiro atoms. The summed E-state index contributed by atoms with van der Waals surface area (Å²) in [6.45, 7) is -0.388. The van der Waals surface area contributed by atoms with Crippen LogP contribution in [0.15, 0.2) is 42.5 Å². The van der Waals surface area contributed by atoms with Gasteiger partial charge >= 0.3 is 6.36 Å². The Labute approximate surface area is 150 Å². The Kier molecular flexibility index (Phi) is 5.13. The highest BCUT2D eigenvalue weighted by molar-refractivity contribution is 5.88. The van der Waals surface area contributed by atoms with Gasteiger partial charge in [0.15, 0.2) is 0 Å². The molecule has 9 heteroatoms. The number of hydrogen-bond donors (Lipinski definition) is 1. The fourth-order valence-corrected chi connectivity index (χ4v) is 2.60. The van der Waals surface area contributed by atoms with E-state index in [2.05, 4.69) is 9.84 Å². The highest BCUT2D eigenvalue weighted by atomic mass is 19.4. The second-order valence-electron chi connectivity index (χ2n) is 5.59. The summed E-state index contributed by atoms with van der Waals surface area (Å²) in [4.78, 5) is 0. The second kappa shape index (κ2) is 7.36. The van der Waals surface area contributed by atoms with Crippen LogP contribution in [0.3, 0.4) is 0 Å². The molecule has 3 rings (SSSR count). The fourth-order valence-electron chi connectivity index (χ4n) is 2.60. The van der Waals surface area contributed by atoms with Gasteiger partial charge in [-0.3, -0.25) is 4.68 Å². The zero-order valence-electron chi connectivity index (χ0n) is 13.7. The lowest BCUT2D eigenvalue weighted by Gasteiger charge is -2.10. The number of aliphatic hydroxyl groups excluding tert-OH is 1. The Hall–Kier alpha value is -2.94. The van der Waals surface area contributed by atoms with Gasteiger partial charge in [-0.2, -0.15) is 5.10 Å². The van der Waals surface area contributed by atoms with E-state index in [1.807, 2.05) is 0 Å². The van der Waals surface area contributed by atoms with Gasteiger partial charge in [0, 0.05) is 23.1 Å². The van der Waals surface area contributed by atoms with Crippen molar-refractivity contribution >= 4 is 17.0 Å². The summed E-state index contributed by atoms with van der Waals surface area (Å²) in [5, 5.41) is 13.7. The van der Waals surface area contributed by atoms with E-state index in [-0.39, 0.29) is 24.2 Å². The van der Waals surface area contributed by atoms with Gasteiger partial charge in [-0.15, -0.1) is 13.2 Å². The monoisotopic (exact) mass is 384 g/mol. The van der Waals surface area contributed by atoms with Gasteiger partial charge in [-0.1, -0.05) is 12.1 Å². The Morgan fingerprint density at radius 1 is 1.11 bits per heavy atom. The topological polar surface area (TPSA) is 47.3 Å². The van der Waals surface area contributed by atoms with E-state index in [1.54, 1.807) is 0 Å². The normalized spacial score (nSPS) is 12.2. The molecule has 0 atom stereocenters. The van der Waals surface area contributed by atoms with Crippen LogP contribution in [0, 0.1) is 11.6 Å². The van der Waals surface area contributed by atoms with Crippen molar-refractivity contribution in [3.63, 3.8) is 0 Å².